The van der Waals surface area contributed by atoms with Crippen LogP contribution in [0.4, 0.5) is 0 Å². The molecule has 4 aromatic carbocycles. The lowest BCUT2D eigenvalue weighted by Crippen LogP contribution is -2.24. The molecule has 0 N–H and O–H groups in total. The van der Waals surface area contributed by atoms with Crippen molar-refractivity contribution in [2.75, 3.05) is 13.1 Å². The van der Waals surface area contributed by atoms with Crippen LogP contribution in [0.3, 0.4) is 0 Å². The Kier molecular flexibility index (Phi) is 6.50. The molecule has 0 amide bonds. The molecule has 3 aromatic heterocycles. The molecule has 0 spiro atoms. The maximum Gasteiger partial charge on any atom is 0.236 e. The fourth-order valence-electron chi connectivity index (χ4n) is 6.87. The molecule has 49 heavy (non-hydrogen) atoms. The highest BCUT2D eigenvalue weighted by molar-refractivity contribution is 6.19. The van der Waals surface area contributed by atoms with Gasteiger partial charge in [-0.15, -0.1) is 0 Å². The van der Waals surface area contributed by atoms with Crippen LogP contribution in [-0.4, -0.2) is 50.6 Å². The van der Waals surface area contributed by atoms with Gasteiger partial charge < -0.3 is 14.0 Å². The minimum atomic E-state index is -0.293. The van der Waals surface area contributed by atoms with E-state index < -0.39 is 0 Å². The second-order valence-corrected chi connectivity index (χ2v) is 14.1. The SMILES string of the molecule is CC1(C)CN=C(c2ccc(-c3ccc4c(ccc5c6ccc(-c7ccc(C8=NCC(C)(C)O8)nc7)cc6n(-c6ccccc6)c45)c3)cn2)O1. The average Bonchev–Trinajstić information content (AvgIpc) is 3.79. The zero-order valence-electron chi connectivity index (χ0n) is 27.9. The highest BCUT2D eigenvalue weighted by atomic mass is 16.5. The van der Waals surface area contributed by atoms with E-state index in [9.17, 15) is 0 Å². The monoisotopic (exact) mass is 641 g/mol. The van der Waals surface area contributed by atoms with Gasteiger partial charge in [-0.1, -0.05) is 66.7 Å². The topological polar surface area (TPSA) is 73.9 Å². The highest BCUT2D eigenvalue weighted by Crippen LogP contribution is 2.39. The maximum atomic E-state index is 6.01. The van der Waals surface area contributed by atoms with Gasteiger partial charge in [0.2, 0.25) is 11.8 Å². The van der Waals surface area contributed by atoms with Crippen LogP contribution in [-0.2, 0) is 9.47 Å². The summed E-state index contributed by atoms with van der Waals surface area (Å²) in [4.78, 5) is 18.5. The van der Waals surface area contributed by atoms with Crippen LogP contribution in [0, 0.1) is 0 Å². The molecule has 2 aliphatic heterocycles. The van der Waals surface area contributed by atoms with Gasteiger partial charge in [0.05, 0.1) is 24.1 Å². The van der Waals surface area contributed by atoms with Crippen LogP contribution in [0.1, 0.15) is 39.1 Å². The number of aromatic nitrogens is 3. The van der Waals surface area contributed by atoms with Crippen molar-refractivity contribution in [2.24, 2.45) is 9.98 Å². The van der Waals surface area contributed by atoms with Crippen molar-refractivity contribution in [3.63, 3.8) is 0 Å². The smallest absolute Gasteiger partial charge is 0.236 e. The van der Waals surface area contributed by atoms with E-state index in [1.807, 2.05) is 52.2 Å². The van der Waals surface area contributed by atoms with E-state index >= 15 is 0 Å². The van der Waals surface area contributed by atoms with Gasteiger partial charge >= 0.3 is 0 Å². The first-order chi connectivity index (χ1) is 23.7. The standard InChI is InChI=1S/C42H35N5O2/c1-41(2)24-45-39(48-41)35-18-13-29(22-43-35)26-10-15-32-28(20-26)12-17-34-33-16-11-27(21-37(33)47(38(32)34)31-8-6-5-7-9-31)30-14-19-36(44-23-30)40-46-25-42(3,4)49-40/h5-23H,24-25H2,1-4H3. The molecule has 7 aromatic rings. The molecule has 0 bridgehead atoms. The molecule has 7 nitrogen and oxygen atoms in total. The molecule has 0 radical (unpaired) electrons. The largest absolute Gasteiger partial charge is 0.468 e. The second-order valence-electron chi connectivity index (χ2n) is 14.1. The lowest BCUT2D eigenvalue weighted by Gasteiger charge is -2.16. The number of rotatable bonds is 5. The van der Waals surface area contributed by atoms with Crippen LogP contribution in [0.2, 0.25) is 0 Å². The van der Waals surface area contributed by atoms with Crippen LogP contribution in [0.15, 0.2) is 126 Å². The van der Waals surface area contributed by atoms with E-state index in [1.165, 1.54) is 27.1 Å². The molecule has 0 unspecified atom stereocenters. The van der Waals surface area contributed by atoms with E-state index in [0.717, 1.165) is 44.8 Å². The normalized spacial score (nSPS) is 16.5. The third-order valence-electron chi connectivity index (χ3n) is 9.34. The molecule has 0 fully saturated rings. The number of hydrogen-bond acceptors (Lipinski definition) is 6. The summed E-state index contributed by atoms with van der Waals surface area (Å²) in [6.45, 7) is 9.44. The first-order valence-corrected chi connectivity index (χ1v) is 16.7. The second kappa shape index (κ2) is 10.9. The summed E-state index contributed by atoms with van der Waals surface area (Å²) < 4.78 is 14.4. The molecule has 0 atom stereocenters. The van der Waals surface area contributed by atoms with Gasteiger partial charge in [-0.2, -0.15) is 0 Å². The van der Waals surface area contributed by atoms with E-state index in [1.54, 1.807) is 0 Å². The van der Waals surface area contributed by atoms with Gasteiger partial charge in [-0.05, 0) is 80.6 Å². The summed E-state index contributed by atoms with van der Waals surface area (Å²) in [5.41, 5.74) is 8.67. The summed E-state index contributed by atoms with van der Waals surface area (Å²) in [6, 6.07) is 36.6. The van der Waals surface area contributed by atoms with Crippen molar-refractivity contribution < 1.29 is 9.47 Å². The van der Waals surface area contributed by atoms with Gasteiger partial charge in [0.15, 0.2) is 0 Å². The van der Waals surface area contributed by atoms with Crippen molar-refractivity contribution in [3.05, 3.63) is 127 Å². The van der Waals surface area contributed by atoms with Crippen molar-refractivity contribution >= 4 is 44.4 Å². The number of nitrogens with zero attached hydrogens (tertiary/aromatic N) is 5. The molecule has 0 aliphatic carbocycles. The third-order valence-corrected chi connectivity index (χ3v) is 9.34. The minimum Gasteiger partial charge on any atom is -0.468 e. The van der Waals surface area contributed by atoms with Gasteiger partial charge in [-0.3, -0.25) is 9.97 Å². The minimum absolute atomic E-state index is 0.287. The lowest BCUT2D eigenvalue weighted by molar-refractivity contribution is 0.130. The van der Waals surface area contributed by atoms with Gasteiger partial charge in [0, 0.05) is 45.4 Å². The average molecular weight is 642 g/mol. The fourth-order valence-corrected chi connectivity index (χ4v) is 6.87. The van der Waals surface area contributed by atoms with Crippen LogP contribution in [0.5, 0.6) is 0 Å². The predicted molar refractivity (Wildman–Crippen MR) is 198 cm³/mol. The Hall–Kier alpha value is -5.82. The number of hydrogen-bond donors (Lipinski definition) is 0. The Bertz CT molecular complexity index is 2470. The van der Waals surface area contributed by atoms with Crippen molar-refractivity contribution in [3.8, 4) is 27.9 Å². The van der Waals surface area contributed by atoms with E-state index in [0.29, 0.717) is 24.9 Å². The summed E-state index contributed by atoms with van der Waals surface area (Å²) in [6.07, 6.45) is 3.82. The number of aliphatic imine (C=N–C) groups is 2. The van der Waals surface area contributed by atoms with Crippen LogP contribution < -0.4 is 0 Å². The molecule has 0 saturated carbocycles. The summed E-state index contributed by atoms with van der Waals surface area (Å²) >= 11 is 0. The Morgan fingerprint density at radius 1 is 0.551 bits per heavy atom. The number of ether oxygens (including phenoxy) is 2. The van der Waals surface area contributed by atoms with E-state index in [4.69, 9.17) is 19.4 Å². The number of fused-ring (bicyclic) bond motifs is 5. The Balaban J connectivity index is 1.13. The maximum absolute atomic E-state index is 6.01. The van der Waals surface area contributed by atoms with Gasteiger partial charge in [0.1, 0.15) is 22.6 Å². The molecule has 7 heteroatoms. The molecule has 2 aliphatic rings. The van der Waals surface area contributed by atoms with Gasteiger partial charge in [0.25, 0.3) is 0 Å². The molecule has 9 rings (SSSR count). The van der Waals surface area contributed by atoms with Crippen molar-refractivity contribution in [2.45, 2.75) is 38.9 Å². The number of para-hydroxylation sites is 1. The molecule has 240 valence electrons. The Morgan fingerprint density at radius 3 is 1.65 bits per heavy atom. The first kappa shape index (κ1) is 29.3. The number of pyridine rings is 2. The third kappa shape index (κ3) is 5.13. The van der Waals surface area contributed by atoms with Crippen LogP contribution in [0.25, 0.3) is 60.5 Å². The summed E-state index contributed by atoms with van der Waals surface area (Å²) in [5.74, 6) is 1.22. The lowest BCUT2D eigenvalue weighted by atomic mass is 9.99. The van der Waals surface area contributed by atoms with E-state index in [2.05, 4.69) is 106 Å². The predicted octanol–water partition coefficient (Wildman–Crippen LogP) is 9.17. The fraction of sp³-hybridized carbons (Fsp3) is 0.190. The molecule has 5 heterocycles. The molecular formula is C42H35N5O2. The Morgan fingerprint density at radius 2 is 1.10 bits per heavy atom. The zero-order chi connectivity index (χ0) is 33.3. The van der Waals surface area contributed by atoms with Gasteiger partial charge in [-0.25, -0.2) is 9.98 Å². The summed E-state index contributed by atoms with van der Waals surface area (Å²) in [7, 11) is 0. The first-order valence-electron chi connectivity index (χ1n) is 16.7. The highest BCUT2D eigenvalue weighted by Gasteiger charge is 2.30. The van der Waals surface area contributed by atoms with Crippen molar-refractivity contribution in [1.29, 1.82) is 0 Å². The number of benzene rings is 4. The van der Waals surface area contributed by atoms with Crippen LogP contribution >= 0.6 is 0 Å². The quantitative estimate of drug-likeness (QED) is 0.188. The molecule has 0 saturated heterocycles. The zero-order valence-corrected chi connectivity index (χ0v) is 27.9. The molecular weight excluding hydrogens is 606 g/mol. The Labute approximate surface area is 284 Å². The van der Waals surface area contributed by atoms with E-state index in [-0.39, 0.29) is 11.2 Å². The van der Waals surface area contributed by atoms with Crippen molar-refractivity contribution in [1.82, 2.24) is 14.5 Å². The summed E-state index contributed by atoms with van der Waals surface area (Å²) in [5, 5.41) is 4.77.